The van der Waals surface area contributed by atoms with Gasteiger partial charge in [-0.25, -0.2) is 4.79 Å². The van der Waals surface area contributed by atoms with E-state index in [0.29, 0.717) is 11.7 Å². The Morgan fingerprint density at radius 2 is 1.91 bits per heavy atom. The summed E-state index contributed by atoms with van der Waals surface area (Å²) in [6.45, 7) is 6.85. The lowest BCUT2D eigenvalue weighted by Gasteiger charge is -2.41. The molecule has 1 aromatic rings. The second kappa shape index (κ2) is 5.77. The number of ether oxygens (including phenoxy) is 1. The highest BCUT2D eigenvalue weighted by Crippen LogP contribution is 2.68. The molecule has 0 radical (unpaired) electrons. The number of fused-ring (bicyclic) bond motifs is 2. The van der Waals surface area contributed by atoms with E-state index >= 15 is 0 Å². The Balaban J connectivity index is 0.00000176. The van der Waals surface area contributed by atoms with E-state index in [4.69, 9.17) is 4.74 Å². The van der Waals surface area contributed by atoms with Gasteiger partial charge in [-0.2, -0.15) is 0 Å². The van der Waals surface area contributed by atoms with Crippen molar-refractivity contribution in [1.29, 1.82) is 0 Å². The molecule has 3 rings (SSSR count). The largest absolute Gasteiger partial charge is 0.478 e. The molecule has 0 heterocycles. The predicted molar refractivity (Wildman–Crippen MR) is 88.5 cm³/mol. The number of carboxylic acids is 1. The fraction of sp³-hybridized carbons (Fsp3) is 0.611. The number of hydrogen-bond acceptors (Lipinski definition) is 2. The Hall–Kier alpha value is -1.22. The van der Waals surface area contributed by atoms with E-state index in [1.807, 2.05) is 30.3 Å². The van der Waals surface area contributed by atoms with Crippen LogP contribution in [-0.4, -0.2) is 17.2 Å². The Morgan fingerprint density at radius 3 is 2.36 bits per heavy atom. The quantitative estimate of drug-likeness (QED) is 0.892. The van der Waals surface area contributed by atoms with E-state index in [0.717, 1.165) is 12.8 Å². The van der Waals surface area contributed by atoms with Gasteiger partial charge >= 0.3 is 5.97 Å². The maximum atomic E-state index is 11.8. The highest BCUT2D eigenvalue weighted by Gasteiger charge is 2.64. The van der Waals surface area contributed by atoms with E-state index in [9.17, 15) is 9.90 Å². The topological polar surface area (TPSA) is 46.5 Å². The van der Waals surface area contributed by atoms with E-state index in [-0.39, 0.29) is 29.2 Å². The molecule has 0 spiro atoms. The molecule has 4 heteroatoms. The second-order valence-corrected chi connectivity index (χ2v) is 7.41. The second-order valence-electron chi connectivity index (χ2n) is 7.41. The van der Waals surface area contributed by atoms with Gasteiger partial charge in [0, 0.05) is 5.92 Å². The average Bonchev–Trinajstić information content (AvgIpc) is 2.78. The van der Waals surface area contributed by atoms with Crippen LogP contribution in [0.25, 0.3) is 0 Å². The highest BCUT2D eigenvalue weighted by molar-refractivity contribution is 5.85. The molecule has 2 saturated carbocycles. The third-order valence-electron chi connectivity index (χ3n) is 6.48. The third-order valence-corrected chi connectivity index (χ3v) is 6.48. The van der Waals surface area contributed by atoms with Crippen LogP contribution in [0.2, 0.25) is 0 Å². The monoisotopic (exact) mass is 324 g/mol. The average molecular weight is 325 g/mol. The molecule has 2 aliphatic rings. The lowest BCUT2D eigenvalue weighted by Crippen LogP contribution is -2.44. The van der Waals surface area contributed by atoms with E-state index < -0.39 is 12.1 Å². The maximum Gasteiger partial charge on any atom is 0.345 e. The van der Waals surface area contributed by atoms with Crippen LogP contribution in [0.3, 0.4) is 0 Å². The van der Waals surface area contributed by atoms with Crippen molar-refractivity contribution in [2.24, 2.45) is 22.7 Å². The zero-order chi connectivity index (χ0) is 15.3. The van der Waals surface area contributed by atoms with Gasteiger partial charge in [-0.1, -0.05) is 39.0 Å². The minimum atomic E-state index is -0.839. The van der Waals surface area contributed by atoms with Crippen LogP contribution in [0.15, 0.2) is 30.3 Å². The lowest BCUT2D eigenvalue weighted by atomic mass is 9.65. The van der Waals surface area contributed by atoms with E-state index in [1.54, 1.807) is 0 Å². The van der Waals surface area contributed by atoms with Gasteiger partial charge in [0.05, 0.1) is 0 Å². The molecule has 0 aromatic heterocycles. The number of hydrogen-bond donors (Lipinski definition) is 1. The molecule has 3 nitrogen and oxygen atoms in total. The molecule has 2 bridgehead atoms. The number of benzene rings is 1. The smallest absolute Gasteiger partial charge is 0.345 e. The van der Waals surface area contributed by atoms with Crippen LogP contribution in [0.4, 0.5) is 0 Å². The number of para-hydroxylation sites is 1. The molecule has 1 N–H and O–H groups in total. The standard InChI is InChI=1S/C18H24O3.ClH/c1-17(2)12-9-10-18(17,3)14(11-12)15(16(19)20)21-13-7-5-4-6-8-13;/h4-8,12,14-15H,9-11H2,1-3H3,(H,19,20);1H. The SMILES string of the molecule is CC1(C)C2CCC1(C)C(C(Oc1ccccc1)C(=O)O)C2.Cl. The molecular weight excluding hydrogens is 300 g/mol. The van der Waals surface area contributed by atoms with Crippen LogP contribution in [0.5, 0.6) is 5.75 Å². The van der Waals surface area contributed by atoms with E-state index in [1.165, 1.54) is 6.42 Å². The summed E-state index contributed by atoms with van der Waals surface area (Å²) in [5, 5.41) is 9.68. The summed E-state index contributed by atoms with van der Waals surface area (Å²) in [7, 11) is 0. The number of halogens is 1. The number of rotatable bonds is 4. The number of aliphatic carboxylic acids is 1. The number of carbonyl (C=O) groups is 1. The summed E-state index contributed by atoms with van der Waals surface area (Å²) in [4.78, 5) is 11.8. The first-order valence-corrected chi connectivity index (χ1v) is 7.81. The van der Waals surface area contributed by atoms with Gasteiger partial charge in [-0.3, -0.25) is 0 Å². The van der Waals surface area contributed by atoms with Crippen molar-refractivity contribution in [1.82, 2.24) is 0 Å². The summed E-state index contributed by atoms with van der Waals surface area (Å²) < 4.78 is 5.87. The van der Waals surface area contributed by atoms with Crippen molar-refractivity contribution in [3.8, 4) is 5.75 Å². The van der Waals surface area contributed by atoms with Gasteiger partial charge in [-0.05, 0) is 48.1 Å². The van der Waals surface area contributed by atoms with Crippen LogP contribution < -0.4 is 4.74 Å². The summed E-state index contributed by atoms with van der Waals surface area (Å²) >= 11 is 0. The fourth-order valence-electron chi connectivity index (χ4n) is 4.67. The molecule has 2 fully saturated rings. The Bertz CT molecular complexity index is 543. The molecule has 0 aliphatic heterocycles. The maximum absolute atomic E-state index is 11.8. The van der Waals surface area contributed by atoms with Gasteiger partial charge in [0.2, 0.25) is 0 Å². The highest BCUT2D eigenvalue weighted by atomic mass is 35.5. The molecule has 1 aromatic carbocycles. The first kappa shape index (κ1) is 17.1. The molecule has 4 atom stereocenters. The molecule has 22 heavy (non-hydrogen) atoms. The molecule has 122 valence electrons. The first-order valence-electron chi connectivity index (χ1n) is 7.81. The Morgan fingerprint density at radius 1 is 1.27 bits per heavy atom. The normalized spacial score (nSPS) is 33.0. The van der Waals surface area contributed by atoms with Crippen LogP contribution in [-0.2, 0) is 4.79 Å². The van der Waals surface area contributed by atoms with Crippen LogP contribution in [0, 0.1) is 22.7 Å². The lowest BCUT2D eigenvalue weighted by molar-refractivity contribution is -0.151. The van der Waals surface area contributed by atoms with Crippen LogP contribution >= 0.6 is 12.4 Å². The molecule has 0 saturated heterocycles. The zero-order valence-corrected chi connectivity index (χ0v) is 14.2. The van der Waals surface area contributed by atoms with Gasteiger partial charge in [0.1, 0.15) is 5.75 Å². The molecule has 4 unspecified atom stereocenters. The van der Waals surface area contributed by atoms with Crippen molar-refractivity contribution < 1.29 is 14.6 Å². The zero-order valence-electron chi connectivity index (χ0n) is 13.4. The minimum Gasteiger partial charge on any atom is -0.478 e. The summed E-state index contributed by atoms with van der Waals surface area (Å²) in [6, 6.07) is 9.32. The molecule has 2 aliphatic carbocycles. The van der Waals surface area contributed by atoms with Gasteiger partial charge in [0.25, 0.3) is 0 Å². The predicted octanol–water partition coefficient (Wildman–Crippen LogP) is 4.40. The van der Waals surface area contributed by atoms with Crippen LogP contribution in [0.1, 0.15) is 40.0 Å². The van der Waals surface area contributed by atoms with Crippen molar-refractivity contribution >= 4 is 18.4 Å². The minimum absolute atomic E-state index is 0. The van der Waals surface area contributed by atoms with Gasteiger partial charge in [0.15, 0.2) is 6.10 Å². The Kier molecular flexibility index (Phi) is 4.49. The van der Waals surface area contributed by atoms with Gasteiger partial charge < -0.3 is 9.84 Å². The molecular formula is C18H25ClO3. The van der Waals surface area contributed by atoms with Crippen molar-refractivity contribution in [2.45, 2.75) is 46.1 Å². The van der Waals surface area contributed by atoms with E-state index in [2.05, 4.69) is 20.8 Å². The fourth-order valence-corrected chi connectivity index (χ4v) is 4.67. The summed E-state index contributed by atoms with van der Waals surface area (Å²) in [5.41, 5.74) is 0.251. The summed E-state index contributed by atoms with van der Waals surface area (Å²) in [6.07, 6.45) is 2.55. The van der Waals surface area contributed by atoms with Crippen molar-refractivity contribution in [3.63, 3.8) is 0 Å². The van der Waals surface area contributed by atoms with Crippen molar-refractivity contribution in [3.05, 3.63) is 30.3 Å². The molecule has 0 amide bonds. The van der Waals surface area contributed by atoms with Crippen molar-refractivity contribution in [2.75, 3.05) is 0 Å². The Labute approximate surface area is 138 Å². The third kappa shape index (κ3) is 2.40. The first-order chi connectivity index (χ1) is 9.86. The van der Waals surface area contributed by atoms with Gasteiger partial charge in [-0.15, -0.1) is 12.4 Å². The number of carboxylic acid groups (broad SMARTS) is 1. The summed E-state index contributed by atoms with van der Waals surface area (Å²) in [5.74, 6) is 0.514.